The standard InChI is InChI=1S/C13H16N2O5S/c1-4-19-11(18)8-6-21-12(14-8)15-10(17)7-5-9(16)20-13(7,2)3/h6-7H,4-5H2,1-3H3,(H,14,15,17)/t7-/m0/s1. The Morgan fingerprint density at radius 2 is 2.29 bits per heavy atom. The molecule has 1 aliphatic heterocycles. The molecule has 1 N–H and O–H groups in total. The summed E-state index contributed by atoms with van der Waals surface area (Å²) in [5.74, 6) is -1.86. The lowest BCUT2D eigenvalue weighted by Gasteiger charge is -2.23. The van der Waals surface area contributed by atoms with E-state index in [1.54, 1.807) is 20.8 Å². The number of ether oxygens (including phenoxy) is 2. The molecule has 2 rings (SSSR count). The lowest BCUT2D eigenvalue weighted by atomic mass is 9.90. The molecule has 114 valence electrons. The van der Waals surface area contributed by atoms with Crippen molar-refractivity contribution in [2.24, 2.45) is 5.92 Å². The van der Waals surface area contributed by atoms with Crippen molar-refractivity contribution in [1.29, 1.82) is 0 Å². The smallest absolute Gasteiger partial charge is 0.357 e. The van der Waals surface area contributed by atoms with Crippen LogP contribution in [0.2, 0.25) is 0 Å². The molecule has 0 spiro atoms. The van der Waals surface area contributed by atoms with Crippen molar-refractivity contribution in [2.75, 3.05) is 11.9 Å². The quantitative estimate of drug-likeness (QED) is 0.849. The number of aromatic nitrogens is 1. The molecule has 7 nitrogen and oxygen atoms in total. The minimum Gasteiger partial charge on any atom is -0.461 e. The second-order valence-corrected chi connectivity index (χ2v) is 5.94. The van der Waals surface area contributed by atoms with Gasteiger partial charge in [0.1, 0.15) is 5.60 Å². The SMILES string of the molecule is CCOC(=O)c1csc(NC(=O)[C@@H]2CC(=O)OC2(C)C)n1. The molecule has 8 heteroatoms. The molecule has 0 radical (unpaired) electrons. The fourth-order valence-electron chi connectivity index (χ4n) is 2.05. The van der Waals surface area contributed by atoms with Gasteiger partial charge in [-0.3, -0.25) is 9.59 Å². The summed E-state index contributed by atoms with van der Waals surface area (Å²) >= 11 is 1.12. The van der Waals surface area contributed by atoms with Crippen molar-refractivity contribution in [1.82, 2.24) is 4.98 Å². The topological polar surface area (TPSA) is 94.6 Å². The molecule has 2 heterocycles. The Balaban J connectivity index is 2.03. The molecule has 1 fully saturated rings. The predicted octanol–water partition coefficient (Wildman–Crippen LogP) is 1.60. The van der Waals surface area contributed by atoms with Gasteiger partial charge in [-0.1, -0.05) is 0 Å². The van der Waals surface area contributed by atoms with E-state index in [-0.39, 0.29) is 24.6 Å². The first-order valence-electron chi connectivity index (χ1n) is 6.49. The molecule has 1 aromatic rings. The first-order valence-corrected chi connectivity index (χ1v) is 7.37. The number of carbonyl (C=O) groups excluding carboxylic acids is 3. The van der Waals surface area contributed by atoms with Crippen LogP contribution in [-0.4, -0.2) is 35.0 Å². The van der Waals surface area contributed by atoms with E-state index in [2.05, 4.69) is 10.3 Å². The summed E-state index contributed by atoms with van der Waals surface area (Å²) in [6.07, 6.45) is 0.0366. The van der Waals surface area contributed by atoms with E-state index in [1.807, 2.05) is 0 Å². The van der Waals surface area contributed by atoms with Gasteiger partial charge in [0.2, 0.25) is 5.91 Å². The molecule has 1 atom stereocenters. The van der Waals surface area contributed by atoms with E-state index < -0.39 is 23.5 Å². The summed E-state index contributed by atoms with van der Waals surface area (Å²) < 4.78 is 9.93. The molecule has 0 bridgehead atoms. The molecule has 0 unspecified atom stereocenters. The third-order valence-electron chi connectivity index (χ3n) is 3.12. The summed E-state index contributed by atoms with van der Waals surface area (Å²) in [7, 11) is 0. The van der Waals surface area contributed by atoms with Crippen molar-refractivity contribution in [3.63, 3.8) is 0 Å². The number of thiazole rings is 1. The van der Waals surface area contributed by atoms with Crippen LogP contribution in [0.1, 0.15) is 37.7 Å². The van der Waals surface area contributed by atoms with E-state index in [0.717, 1.165) is 11.3 Å². The van der Waals surface area contributed by atoms with E-state index >= 15 is 0 Å². The maximum absolute atomic E-state index is 12.2. The summed E-state index contributed by atoms with van der Waals surface area (Å²) in [6, 6.07) is 0. The highest BCUT2D eigenvalue weighted by Crippen LogP contribution is 2.33. The number of hydrogen-bond acceptors (Lipinski definition) is 7. The predicted molar refractivity (Wildman–Crippen MR) is 75.0 cm³/mol. The van der Waals surface area contributed by atoms with Gasteiger partial charge in [-0.2, -0.15) is 0 Å². The number of esters is 2. The molecule has 0 aromatic carbocycles. The zero-order valence-electron chi connectivity index (χ0n) is 12.0. The van der Waals surface area contributed by atoms with Crippen molar-refractivity contribution in [3.05, 3.63) is 11.1 Å². The van der Waals surface area contributed by atoms with Crippen molar-refractivity contribution in [2.45, 2.75) is 32.8 Å². The summed E-state index contributed by atoms with van der Waals surface area (Å²) in [5, 5.41) is 4.40. The van der Waals surface area contributed by atoms with Gasteiger partial charge >= 0.3 is 11.9 Å². The molecule has 1 aliphatic rings. The fourth-order valence-corrected chi connectivity index (χ4v) is 2.73. The Labute approximate surface area is 125 Å². The molecule has 0 aliphatic carbocycles. The third-order valence-corrected chi connectivity index (χ3v) is 3.88. The number of anilines is 1. The van der Waals surface area contributed by atoms with Crippen LogP contribution in [0.15, 0.2) is 5.38 Å². The normalized spacial score (nSPS) is 20.0. The summed E-state index contributed by atoms with van der Waals surface area (Å²) in [4.78, 5) is 39.0. The molecular formula is C13H16N2O5S. The van der Waals surface area contributed by atoms with Gasteiger partial charge in [-0.25, -0.2) is 9.78 Å². The molecule has 0 saturated carbocycles. The third kappa shape index (κ3) is 3.38. The largest absolute Gasteiger partial charge is 0.461 e. The first-order chi connectivity index (χ1) is 9.83. The van der Waals surface area contributed by atoms with Crippen LogP contribution in [0.4, 0.5) is 5.13 Å². The van der Waals surface area contributed by atoms with Crippen LogP contribution >= 0.6 is 11.3 Å². The Kier molecular flexibility index (Phi) is 4.26. The average Bonchev–Trinajstić information content (AvgIpc) is 2.93. The average molecular weight is 312 g/mol. The molecule has 1 aromatic heterocycles. The van der Waals surface area contributed by atoms with E-state index in [9.17, 15) is 14.4 Å². The molecule has 1 amide bonds. The molecule has 1 saturated heterocycles. The molecular weight excluding hydrogens is 296 g/mol. The second kappa shape index (κ2) is 5.80. The highest BCUT2D eigenvalue weighted by molar-refractivity contribution is 7.14. The van der Waals surface area contributed by atoms with E-state index in [0.29, 0.717) is 5.13 Å². The van der Waals surface area contributed by atoms with Crippen LogP contribution in [0.3, 0.4) is 0 Å². The lowest BCUT2D eigenvalue weighted by molar-refractivity contribution is -0.147. The summed E-state index contributed by atoms with van der Waals surface area (Å²) in [6.45, 7) is 5.34. The van der Waals surface area contributed by atoms with Crippen molar-refractivity contribution >= 4 is 34.3 Å². The number of hydrogen-bond donors (Lipinski definition) is 1. The summed E-state index contributed by atoms with van der Waals surface area (Å²) in [5.41, 5.74) is -0.697. The van der Waals surface area contributed by atoms with Crippen LogP contribution < -0.4 is 5.32 Å². The fraction of sp³-hybridized carbons (Fsp3) is 0.538. The van der Waals surface area contributed by atoms with Crippen LogP contribution in [0.25, 0.3) is 0 Å². The lowest BCUT2D eigenvalue weighted by Crippen LogP contribution is -2.36. The number of carbonyl (C=O) groups is 3. The number of nitrogens with zero attached hydrogens (tertiary/aromatic N) is 1. The number of amides is 1. The van der Waals surface area contributed by atoms with E-state index in [4.69, 9.17) is 9.47 Å². The first kappa shape index (κ1) is 15.4. The van der Waals surface area contributed by atoms with Gasteiger partial charge in [0.15, 0.2) is 10.8 Å². The second-order valence-electron chi connectivity index (χ2n) is 5.08. The Morgan fingerprint density at radius 3 is 2.86 bits per heavy atom. The van der Waals surface area contributed by atoms with Crippen LogP contribution in [-0.2, 0) is 19.1 Å². The minimum atomic E-state index is -0.845. The Bertz CT molecular complexity index is 581. The van der Waals surface area contributed by atoms with Gasteiger partial charge < -0.3 is 14.8 Å². The van der Waals surface area contributed by atoms with E-state index in [1.165, 1.54) is 5.38 Å². The number of nitrogens with one attached hydrogen (secondary N) is 1. The molecule has 21 heavy (non-hydrogen) atoms. The monoisotopic (exact) mass is 312 g/mol. The minimum absolute atomic E-state index is 0.0366. The highest BCUT2D eigenvalue weighted by Gasteiger charge is 2.46. The van der Waals surface area contributed by atoms with Crippen molar-refractivity contribution < 1.29 is 23.9 Å². The maximum Gasteiger partial charge on any atom is 0.357 e. The van der Waals surface area contributed by atoms with Crippen LogP contribution in [0, 0.1) is 5.92 Å². The Morgan fingerprint density at radius 1 is 1.57 bits per heavy atom. The van der Waals surface area contributed by atoms with Gasteiger partial charge in [-0.05, 0) is 20.8 Å². The zero-order valence-corrected chi connectivity index (χ0v) is 12.8. The maximum atomic E-state index is 12.2. The number of rotatable bonds is 4. The van der Waals surface area contributed by atoms with Crippen LogP contribution in [0.5, 0.6) is 0 Å². The van der Waals surface area contributed by atoms with Gasteiger partial charge in [0.05, 0.1) is 18.9 Å². The highest BCUT2D eigenvalue weighted by atomic mass is 32.1. The number of cyclic esters (lactones) is 1. The zero-order chi connectivity index (χ0) is 15.6. The van der Waals surface area contributed by atoms with Gasteiger partial charge in [0.25, 0.3) is 0 Å². The van der Waals surface area contributed by atoms with Crippen molar-refractivity contribution in [3.8, 4) is 0 Å². The van der Waals surface area contributed by atoms with Gasteiger partial charge in [0, 0.05) is 5.38 Å². The Hall–Kier alpha value is -1.96. The van der Waals surface area contributed by atoms with Gasteiger partial charge in [-0.15, -0.1) is 11.3 Å².